The Morgan fingerprint density at radius 2 is 1.25 bits per heavy atom. The third-order valence-electron chi connectivity index (χ3n) is 3.42. The maximum absolute atomic E-state index is 12.6. The Balaban J connectivity index is 2.86. The number of fused-ring (bicyclic) bond motifs is 1. The molecule has 0 saturated heterocycles. The van der Waals surface area contributed by atoms with Gasteiger partial charge in [0.05, 0.1) is 5.56 Å². The van der Waals surface area contributed by atoms with Crippen molar-refractivity contribution < 1.29 is 19.7 Å². The summed E-state index contributed by atoms with van der Waals surface area (Å²) in [5.41, 5.74) is 0.197. The Bertz CT molecular complexity index is 484. The second-order valence-corrected chi connectivity index (χ2v) is 7.28. The quantitative estimate of drug-likeness (QED) is 0.783. The van der Waals surface area contributed by atoms with E-state index in [0.29, 0.717) is 35.8 Å². The number of hydrogen-bond acceptors (Lipinski definition) is 3. The Morgan fingerprint density at radius 3 is 1.65 bits per heavy atom. The molecule has 0 spiro atoms. The summed E-state index contributed by atoms with van der Waals surface area (Å²) >= 11 is 0. The molecule has 4 heteroatoms. The van der Waals surface area contributed by atoms with Crippen LogP contribution in [0.25, 0.3) is 0 Å². The minimum Gasteiger partial charge on any atom is -0.504 e. The van der Waals surface area contributed by atoms with Crippen molar-refractivity contribution in [3.63, 3.8) is 0 Å². The zero-order valence-corrected chi connectivity index (χ0v) is 13.1. The van der Waals surface area contributed by atoms with E-state index in [1.807, 2.05) is 41.5 Å². The van der Waals surface area contributed by atoms with Gasteiger partial charge in [-0.25, -0.2) is 0 Å². The molecule has 1 aromatic carbocycles. The lowest BCUT2D eigenvalue weighted by Crippen LogP contribution is -2.24. The van der Waals surface area contributed by atoms with Crippen LogP contribution in [-0.2, 0) is 15.9 Å². The van der Waals surface area contributed by atoms with Gasteiger partial charge in [-0.05, 0) is 10.8 Å². The number of phenols is 1. The highest BCUT2D eigenvalue weighted by molar-refractivity contribution is 5.69. The van der Waals surface area contributed by atoms with E-state index in [1.54, 1.807) is 0 Å². The maximum Gasteiger partial charge on any atom is 0.228 e. The van der Waals surface area contributed by atoms with Crippen LogP contribution in [0.5, 0.6) is 23.0 Å². The zero-order valence-electron chi connectivity index (χ0n) is 13.1. The molecule has 1 heterocycles. The summed E-state index contributed by atoms with van der Waals surface area (Å²) in [6, 6.07) is 0. The highest BCUT2D eigenvalue weighted by atomic mass is 16.6. The van der Waals surface area contributed by atoms with Crippen molar-refractivity contribution in [1.29, 1.82) is 0 Å². The summed E-state index contributed by atoms with van der Waals surface area (Å²) in [4.78, 5) is 0. The van der Waals surface area contributed by atoms with Gasteiger partial charge in [0.25, 0.3) is 0 Å². The van der Waals surface area contributed by atoms with Crippen LogP contribution < -0.4 is 9.47 Å². The molecule has 0 aromatic heterocycles. The van der Waals surface area contributed by atoms with Gasteiger partial charge in [-0.1, -0.05) is 41.5 Å². The van der Waals surface area contributed by atoms with Crippen LogP contribution in [0.1, 0.15) is 52.7 Å². The fourth-order valence-electron chi connectivity index (χ4n) is 2.61. The molecule has 0 aliphatic carbocycles. The molecule has 0 fully saturated rings. The Labute approximate surface area is 120 Å². The van der Waals surface area contributed by atoms with Gasteiger partial charge in [0.1, 0.15) is 13.2 Å². The number of ether oxygens (including phenoxy) is 2. The summed E-state index contributed by atoms with van der Waals surface area (Å²) in [5.74, 6) is 0.445. The molecule has 1 aliphatic rings. The highest BCUT2D eigenvalue weighted by Crippen LogP contribution is 2.55. The van der Waals surface area contributed by atoms with Crippen LogP contribution >= 0.6 is 0 Å². The molecular weight excluding hydrogens is 256 g/mol. The van der Waals surface area contributed by atoms with Gasteiger partial charge in [-0.15, -0.1) is 0 Å². The normalized spacial score (nSPS) is 15.3. The second-order valence-electron chi connectivity index (χ2n) is 7.28. The number of rotatable bonds is 0. The molecule has 0 atom stereocenters. The van der Waals surface area contributed by atoms with Gasteiger partial charge in [0.15, 0.2) is 17.2 Å². The van der Waals surface area contributed by atoms with Crippen molar-refractivity contribution >= 4 is 0 Å². The van der Waals surface area contributed by atoms with Crippen molar-refractivity contribution in [1.82, 2.24) is 0 Å². The van der Waals surface area contributed by atoms with E-state index in [2.05, 4.69) is 0 Å². The van der Waals surface area contributed by atoms with Crippen LogP contribution in [0.3, 0.4) is 0 Å². The Hall–Kier alpha value is -1.58. The van der Waals surface area contributed by atoms with Crippen molar-refractivity contribution in [3.05, 3.63) is 11.1 Å². The van der Waals surface area contributed by atoms with Crippen LogP contribution in [-0.4, -0.2) is 18.3 Å². The van der Waals surface area contributed by atoms with Gasteiger partial charge in [-0.2, -0.15) is 0 Å². The molecule has 2 rings (SSSR count). The topological polar surface area (TPSA) is 58.6 Å². The summed E-state index contributed by atoms with van der Waals surface area (Å²) in [7, 11) is 0. The lowest BCUT2D eigenvalue weighted by molar-refractivity contribution is 0.160. The smallest absolute Gasteiger partial charge is 0.228 e. The first-order valence-electron chi connectivity index (χ1n) is 6.91. The molecule has 0 amide bonds. The van der Waals surface area contributed by atoms with E-state index in [-0.39, 0.29) is 11.5 Å². The summed E-state index contributed by atoms with van der Waals surface area (Å²) in [6.45, 7) is 12.5. The van der Waals surface area contributed by atoms with E-state index in [9.17, 15) is 10.2 Å². The van der Waals surface area contributed by atoms with E-state index >= 15 is 0 Å². The predicted octanol–water partition coefficient (Wildman–Crippen LogP) is 3.90. The third kappa shape index (κ3) is 2.28. The lowest BCUT2D eigenvalue weighted by Gasteiger charge is -2.33. The fourth-order valence-corrected chi connectivity index (χ4v) is 2.61. The average Bonchev–Trinajstić information content (AvgIpc) is 2.27. The first-order chi connectivity index (χ1) is 9.05. The van der Waals surface area contributed by atoms with Gasteiger partial charge in [0, 0.05) is 5.56 Å². The number of hydrogen-bond donors (Lipinski definition) is 1. The van der Waals surface area contributed by atoms with Crippen molar-refractivity contribution in [2.24, 2.45) is 0 Å². The SMILES string of the molecule is CC(C)(C)c1c([O])c(O)c(C(C)(C)C)c2c1OCCO2. The molecular formula is C16H23O4. The van der Waals surface area contributed by atoms with E-state index in [1.165, 1.54) is 0 Å². The van der Waals surface area contributed by atoms with Gasteiger partial charge in [0.2, 0.25) is 5.75 Å². The number of aromatic hydroxyl groups is 1. The van der Waals surface area contributed by atoms with Gasteiger partial charge in [-0.3, -0.25) is 5.11 Å². The minimum atomic E-state index is -0.421. The molecule has 111 valence electrons. The molecule has 4 nitrogen and oxygen atoms in total. The van der Waals surface area contributed by atoms with E-state index < -0.39 is 10.8 Å². The van der Waals surface area contributed by atoms with E-state index in [4.69, 9.17) is 9.47 Å². The molecule has 1 N–H and O–H groups in total. The molecule has 1 radical (unpaired) electrons. The van der Waals surface area contributed by atoms with Crippen LogP contribution in [0.2, 0.25) is 0 Å². The summed E-state index contributed by atoms with van der Waals surface area (Å²) < 4.78 is 11.4. The standard InChI is InChI=1S/C16H23O4/c1-15(2,3)9-11(17)12(18)10(16(4,5)6)14-13(9)19-7-8-20-14/h17H,7-8H2,1-6H3. The minimum absolute atomic E-state index is 0.216. The van der Waals surface area contributed by atoms with Gasteiger partial charge >= 0.3 is 0 Å². The van der Waals surface area contributed by atoms with Gasteiger partial charge < -0.3 is 14.6 Å². The highest BCUT2D eigenvalue weighted by Gasteiger charge is 2.38. The Kier molecular flexibility index (Phi) is 3.31. The second kappa shape index (κ2) is 4.47. The zero-order chi connectivity index (χ0) is 15.3. The first kappa shape index (κ1) is 14.8. The largest absolute Gasteiger partial charge is 0.504 e. The monoisotopic (exact) mass is 279 g/mol. The van der Waals surface area contributed by atoms with E-state index in [0.717, 1.165) is 0 Å². The Morgan fingerprint density at radius 1 is 0.850 bits per heavy atom. The molecule has 1 aliphatic heterocycles. The maximum atomic E-state index is 12.6. The van der Waals surface area contributed by atoms with Crippen molar-refractivity contribution in [2.75, 3.05) is 13.2 Å². The van der Waals surface area contributed by atoms with Crippen LogP contribution in [0.4, 0.5) is 0 Å². The van der Waals surface area contributed by atoms with Crippen LogP contribution in [0, 0.1) is 0 Å². The first-order valence-corrected chi connectivity index (χ1v) is 6.91. The number of benzene rings is 1. The molecule has 0 bridgehead atoms. The van der Waals surface area contributed by atoms with Crippen molar-refractivity contribution in [3.8, 4) is 23.0 Å². The third-order valence-corrected chi connectivity index (χ3v) is 3.42. The average molecular weight is 279 g/mol. The summed E-state index contributed by atoms with van der Waals surface area (Å²) in [5, 5.41) is 23.0. The fraction of sp³-hybridized carbons (Fsp3) is 0.625. The molecule has 0 saturated carbocycles. The molecule has 1 aromatic rings. The molecule has 20 heavy (non-hydrogen) atoms. The lowest BCUT2D eigenvalue weighted by atomic mass is 9.79. The van der Waals surface area contributed by atoms with Crippen LogP contribution in [0.15, 0.2) is 0 Å². The predicted molar refractivity (Wildman–Crippen MR) is 76.6 cm³/mol. The summed E-state index contributed by atoms with van der Waals surface area (Å²) in [6.07, 6.45) is 0. The van der Waals surface area contributed by atoms with Crippen molar-refractivity contribution in [2.45, 2.75) is 52.4 Å². The molecule has 0 unspecified atom stereocenters. The number of phenolic OH excluding ortho intramolecular Hbond substituents is 1.